The lowest BCUT2D eigenvalue weighted by Gasteiger charge is -2.05. The van der Waals surface area contributed by atoms with Crippen molar-refractivity contribution in [3.05, 3.63) is 34.7 Å². The van der Waals surface area contributed by atoms with Crippen molar-refractivity contribution in [1.29, 1.82) is 0 Å². The Hall–Kier alpha value is -1.62. The monoisotopic (exact) mass is 209 g/mol. The van der Waals surface area contributed by atoms with E-state index in [9.17, 15) is 9.59 Å². The van der Waals surface area contributed by atoms with Crippen molar-refractivity contribution in [1.82, 2.24) is 9.88 Å². The highest BCUT2D eigenvalue weighted by Gasteiger charge is 2.00. The summed E-state index contributed by atoms with van der Waals surface area (Å²) in [5.74, 6) is -0.0868. The van der Waals surface area contributed by atoms with Gasteiger partial charge in [0.05, 0.1) is 0 Å². The van der Waals surface area contributed by atoms with Gasteiger partial charge in [-0.3, -0.25) is 9.59 Å². The second-order valence-electron chi connectivity index (χ2n) is 3.12. The van der Waals surface area contributed by atoms with Gasteiger partial charge in [-0.05, 0) is 6.07 Å². The van der Waals surface area contributed by atoms with E-state index in [2.05, 4.69) is 5.32 Å². The molecule has 1 aromatic rings. The minimum Gasteiger partial charge on any atom is -0.355 e. The third kappa shape index (κ3) is 3.95. The van der Waals surface area contributed by atoms with Gasteiger partial charge >= 0.3 is 0 Å². The Morgan fingerprint density at radius 3 is 2.93 bits per heavy atom. The van der Waals surface area contributed by atoms with Crippen LogP contribution in [0.15, 0.2) is 29.2 Å². The lowest BCUT2D eigenvalue weighted by atomic mass is 10.3. The van der Waals surface area contributed by atoms with E-state index in [0.29, 0.717) is 26.1 Å². The molecule has 0 spiro atoms. The van der Waals surface area contributed by atoms with Gasteiger partial charge < -0.3 is 15.6 Å². The SMILES string of the molecule is NCCNC(=O)CCn1ccccc1=O. The molecule has 1 heterocycles. The summed E-state index contributed by atoms with van der Waals surface area (Å²) >= 11 is 0. The number of amides is 1. The molecule has 0 aliphatic heterocycles. The van der Waals surface area contributed by atoms with Gasteiger partial charge in [-0.1, -0.05) is 6.07 Å². The maximum atomic E-state index is 11.3. The van der Waals surface area contributed by atoms with Crippen LogP contribution in [0.1, 0.15) is 6.42 Å². The van der Waals surface area contributed by atoms with Crippen LogP contribution in [0.25, 0.3) is 0 Å². The summed E-state index contributed by atoms with van der Waals surface area (Å²) in [6.45, 7) is 1.30. The van der Waals surface area contributed by atoms with Crippen LogP contribution in [0.5, 0.6) is 0 Å². The van der Waals surface area contributed by atoms with E-state index >= 15 is 0 Å². The molecule has 1 rings (SSSR count). The van der Waals surface area contributed by atoms with Crippen LogP contribution >= 0.6 is 0 Å². The molecule has 0 aromatic carbocycles. The number of nitrogens with zero attached hydrogens (tertiary/aromatic N) is 1. The molecular weight excluding hydrogens is 194 g/mol. The molecule has 5 nitrogen and oxygen atoms in total. The van der Waals surface area contributed by atoms with E-state index in [1.165, 1.54) is 10.6 Å². The van der Waals surface area contributed by atoms with Crippen LogP contribution < -0.4 is 16.6 Å². The third-order valence-electron chi connectivity index (χ3n) is 1.95. The smallest absolute Gasteiger partial charge is 0.250 e. The molecule has 82 valence electrons. The van der Waals surface area contributed by atoms with Crippen molar-refractivity contribution in [2.75, 3.05) is 13.1 Å². The van der Waals surface area contributed by atoms with Crippen molar-refractivity contribution in [2.24, 2.45) is 5.73 Å². The Morgan fingerprint density at radius 2 is 2.27 bits per heavy atom. The molecule has 1 amide bonds. The van der Waals surface area contributed by atoms with Gasteiger partial charge in [-0.25, -0.2) is 0 Å². The minimum atomic E-state index is -0.0934. The Balaban J connectivity index is 2.40. The Morgan fingerprint density at radius 1 is 1.47 bits per heavy atom. The molecule has 0 unspecified atom stereocenters. The number of pyridine rings is 1. The Bertz CT molecular complexity index is 373. The van der Waals surface area contributed by atoms with Crippen LogP contribution in [-0.2, 0) is 11.3 Å². The molecule has 0 radical (unpaired) electrons. The van der Waals surface area contributed by atoms with Crippen LogP contribution in [0, 0.1) is 0 Å². The van der Waals surface area contributed by atoms with Crippen molar-refractivity contribution >= 4 is 5.91 Å². The molecule has 0 saturated heterocycles. The topological polar surface area (TPSA) is 77.1 Å². The van der Waals surface area contributed by atoms with Gasteiger partial charge in [0, 0.05) is 38.3 Å². The van der Waals surface area contributed by atoms with Crippen molar-refractivity contribution in [3.63, 3.8) is 0 Å². The number of nitrogens with two attached hydrogens (primary N) is 1. The molecular formula is C10H15N3O2. The van der Waals surface area contributed by atoms with E-state index in [1.54, 1.807) is 18.3 Å². The summed E-state index contributed by atoms with van der Waals surface area (Å²) in [4.78, 5) is 22.5. The quantitative estimate of drug-likeness (QED) is 0.674. The molecule has 0 saturated carbocycles. The first-order chi connectivity index (χ1) is 7.24. The zero-order valence-electron chi connectivity index (χ0n) is 8.48. The van der Waals surface area contributed by atoms with Gasteiger partial charge in [-0.2, -0.15) is 0 Å². The maximum absolute atomic E-state index is 11.3. The number of nitrogens with one attached hydrogen (secondary N) is 1. The fourth-order valence-corrected chi connectivity index (χ4v) is 1.17. The molecule has 0 aliphatic rings. The number of carbonyl (C=O) groups excluding carboxylic acids is 1. The predicted molar refractivity (Wildman–Crippen MR) is 57.4 cm³/mol. The van der Waals surface area contributed by atoms with Crippen LogP contribution in [0.3, 0.4) is 0 Å². The minimum absolute atomic E-state index is 0.0868. The zero-order chi connectivity index (χ0) is 11.1. The fraction of sp³-hybridized carbons (Fsp3) is 0.400. The second-order valence-corrected chi connectivity index (χ2v) is 3.12. The first-order valence-corrected chi connectivity index (χ1v) is 4.86. The average molecular weight is 209 g/mol. The standard InChI is InChI=1S/C10H15N3O2/c11-5-6-12-9(14)4-8-13-7-2-1-3-10(13)15/h1-3,7H,4-6,8,11H2,(H,12,14). The number of rotatable bonds is 5. The highest BCUT2D eigenvalue weighted by atomic mass is 16.1. The summed E-state index contributed by atoms with van der Waals surface area (Å²) in [6.07, 6.45) is 1.96. The van der Waals surface area contributed by atoms with Gasteiger partial charge in [0.15, 0.2) is 0 Å². The normalized spacial score (nSPS) is 9.93. The van der Waals surface area contributed by atoms with E-state index in [1.807, 2.05) is 0 Å². The fourth-order valence-electron chi connectivity index (χ4n) is 1.17. The summed E-state index contributed by atoms with van der Waals surface area (Å²) in [7, 11) is 0. The number of hydrogen-bond donors (Lipinski definition) is 2. The number of aromatic nitrogens is 1. The van der Waals surface area contributed by atoms with Gasteiger partial charge in [0.25, 0.3) is 5.56 Å². The third-order valence-corrected chi connectivity index (χ3v) is 1.95. The molecule has 5 heteroatoms. The van der Waals surface area contributed by atoms with Crippen LogP contribution in [0.4, 0.5) is 0 Å². The largest absolute Gasteiger partial charge is 0.355 e. The number of carbonyl (C=O) groups is 1. The molecule has 0 aliphatic carbocycles. The molecule has 15 heavy (non-hydrogen) atoms. The van der Waals surface area contributed by atoms with Crippen LogP contribution in [0.2, 0.25) is 0 Å². The first kappa shape index (κ1) is 11.5. The van der Waals surface area contributed by atoms with Gasteiger partial charge in [-0.15, -0.1) is 0 Å². The van der Waals surface area contributed by atoms with Gasteiger partial charge in [0.2, 0.25) is 5.91 Å². The first-order valence-electron chi connectivity index (χ1n) is 4.86. The van der Waals surface area contributed by atoms with E-state index in [0.717, 1.165) is 0 Å². The maximum Gasteiger partial charge on any atom is 0.250 e. The van der Waals surface area contributed by atoms with Crippen molar-refractivity contribution < 1.29 is 4.79 Å². The Labute approximate surface area is 87.9 Å². The van der Waals surface area contributed by atoms with E-state index < -0.39 is 0 Å². The predicted octanol–water partition coefficient (Wildman–Crippen LogP) is -0.687. The zero-order valence-corrected chi connectivity index (χ0v) is 8.48. The second kappa shape index (κ2) is 5.98. The van der Waals surface area contributed by atoms with Gasteiger partial charge in [0.1, 0.15) is 0 Å². The molecule has 1 aromatic heterocycles. The molecule has 0 atom stereocenters. The molecule has 0 fully saturated rings. The number of aryl methyl sites for hydroxylation is 1. The molecule has 0 bridgehead atoms. The average Bonchev–Trinajstić information content (AvgIpc) is 2.25. The number of hydrogen-bond acceptors (Lipinski definition) is 3. The van der Waals surface area contributed by atoms with Crippen LogP contribution in [-0.4, -0.2) is 23.6 Å². The summed E-state index contributed by atoms with van der Waals surface area (Å²) in [5, 5.41) is 2.64. The van der Waals surface area contributed by atoms with E-state index in [4.69, 9.17) is 5.73 Å². The lowest BCUT2D eigenvalue weighted by molar-refractivity contribution is -0.121. The highest BCUT2D eigenvalue weighted by molar-refractivity contribution is 5.75. The summed E-state index contributed by atoms with van der Waals surface area (Å²) in [6, 6.07) is 4.91. The summed E-state index contributed by atoms with van der Waals surface area (Å²) in [5.41, 5.74) is 5.14. The van der Waals surface area contributed by atoms with Crippen molar-refractivity contribution in [2.45, 2.75) is 13.0 Å². The summed E-state index contributed by atoms with van der Waals surface area (Å²) < 4.78 is 1.50. The van der Waals surface area contributed by atoms with Crippen molar-refractivity contribution in [3.8, 4) is 0 Å². The molecule has 3 N–H and O–H groups in total. The Kier molecular flexibility index (Phi) is 4.56. The highest BCUT2D eigenvalue weighted by Crippen LogP contribution is 1.87. The van der Waals surface area contributed by atoms with E-state index in [-0.39, 0.29) is 11.5 Å². The lowest BCUT2D eigenvalue weighted by Crippen LogP contribution is -2.30.